The Labute approximate surface area is 126 Å². The van der Waals surface area contributed by atoms with Crippen molar-refractivity contribution in [3.63, 3.8) is 0 Å². The van der Waals surface area contributed by atoms with E-state index in [1.165, 1.54) is 17.0 Å². The van der Waals surface area contributed by atoms with Crippen LogP contribution >= 0.6 is 15.9 Å². The lowest BCUT2D eigenvalue weighted by Crippen LogP contribution is -2.33. The number of amides is 2. The molecule has 3 nitrogen and oxygen atoms in total. The van der Waals surface area contributed by atoms with Crippen LogP contribution in [0.4, 0.5) is 4.39 Å². The lowest BCUT2D eigenvalue weighted by atomic mass is 9.80. The molecule has 1 aliphatic heterocycles. The van der Waals surface area contributed by atoms with E-state index >= 15 is 0 Å². The van der Waals surface area contributed by atoms with Gasteiger partial charge in [0, 0.05) is 18.5 Å². The second-order valence-electron chi connectivity index (χ2n) is 6.21. The Balaban J connectivity index is 2.21. The average molecular weight is 342 g/mol. The molecule has 1 aromatic rings. The van der Waals surface area contributed by atoms with E-state index < -0.39 is 11.7 Å². The number of imide groups is 1. The number of hydrogen-bond donors (Lipinski definition) is 0. The first-order valence-electron chi connectivity index (χ1n) is 6.50. The van der Waals surface area contributed by atoms with Crippen molar-refractivity contribution in [2.24, 2.45) is 11.3 Å². The molecule has 0 N–H and O–H groups in total. The first-order valence-corrected chi connectivity index (χ1v) is 7.29. The number of rotatable bonds is 1. The molecule has 0 aliphatic carbocycles. The molecule has 20 heavy (non-hydrogen) atoms. The molecule has 0 bridgehead atoms. The van der Waals surface area contributed by atoms with Crippen molar-refractivity contribution in [1.82, 2.24) is 4.90 Å². The molecule has 0 aromatic heterocycles. The van der Waals surface area contributed by atoms with Crippen LogP contribution in [0.25, 0.3) is 0 Å². The van der Waals surface area contributed by atoms with E-state index in [1.54, 1.807) is 0 Å². The Morgan fingerprint density at radius 2 is 2.05 bits per heavy atom. The summed E-state index contributed by atoms with van der Waals surface area (Å²) in [7, 11) is 0. The molecule has 1 aliphatic rings. The molecule has 0 radical (unpaired) electrons. The number of likely N-dealkylation sites (tertiary alicyclic amines) is 1. The minimum Gasteiger partial charge on any atom is -0.278 e. The van der Waals surface area contributed by atoms with Gasteiger partial charge in [0.2, 0.25) is 5.91 Å². The fraction of sp³-hybridized carbons (Fsp3) is 0.467. The van der Waals surface area contributed by atoms with Gasteiger partial charge in [-0.05, 0) is 45.5 Å². The number of carbonyl (C=O) groups excluding carboxylic acids is 2. The van der Waals surface area contributed by atoms with E-state index in [1.807, 2.05) is 0 Å². The number of hydrogen-bond acceptors (Lipinski definition) is 2. The molecule has 0 spiro atoms. The zero-order chi connectivity index (χ0) is 15.1. The quantitative estimate of drug-likeness (QED) is 0.731. The molecule has 1 heterocycles. The maximum Gasteiger partial charge on any atom is 0.260 e. The van der Waals surface area contributed by atoms with Gasteiger partial charge >= 0.3 is 0 Å². The van der Waals surface area contributed by atoms with Crippen molar-refractivity contribution >= 4 is 27.7 Å². The maximum absolute atomic E-state index is 13.5. The van der Waals surface area contributed by atoms with Crippen LogP contribution in [0.1, 0.15) is 37.6 Å². The van der Waals surface area contributed by atoms with Crippen LogP contribution in [0.3, 0.4) is 0 Å². The molecule has 1 fully saturated rings. The van der Waals surface area contributed by atoms with E-state index in [-0.39, 0.29) is 22.8 Å². The van der Waals surface area contributed by atoms with Gasteiger partial charge in [-0.2, -0.15) is 0 Å². The van der Waals surface area contributed by atoms with Crippen molar-refractivity contribution < 1.29 is 14.0 Å². The highest BCUT2D eigenvalue weighted by atomic mass is 79.9. The molecular formula is C15H17BrFNO2. The minimum absolute atomic E-state index is 0.0321. The molecular weight excluding hydrogens is 325 g/mol. The van der Waals surface area contributed by atoms with Crippen LogP contribution in [-0.4, -0.2) is 23.3 Å². The SMILES string of the molecule is CC(C)(C)C1CC(=O)N(C(=O)c2ccc(Br)c(F)c2)C1. The van der Waals surface area contributed by atoms with Gasteiger partial charge in [0.1, 0.15) is 5.82 Å². The molecule has 1 saturated heterocycles. The molecule has 2 amide bonds. The van der Waals surface area contributed by atoms with E-state index in [4.69, 9.17) is 0 Å². The van der Waals surface area contributed by atoms with Crippen LogP contribution in [0.2, 0.25) is 0 Å². The Morgan fingerprint density at radius 3 is 2.55 bits per heavy atom. The largest absolute Gasteiger partial charge is 0.278 e. The Hall–Kier alpha value is -1.23. The van der Waals surface area contributed by atoms with Gasteiger partial charge in [-0.25, -0.2) is 4.39 Å². The molecule has 5 heteroatoms. The average Bonchev–Trinajstić information content (AvgIpc) is 2.74. The monoisotopic (exact) mass is 341 g/mol. The highest BCUT2D eigenvalue weighted by Gasteiger charge is 2.39. The first kappa shape index (κ1) is 15.2. The standard InChI is InChI=1S/C15H17BrFNO2/c1-15(2,3)10-7-13(19)18(8-10)14(20)9-4-5-11(16)12(17)6-9/h4-6,10H,7-8H2,1-3H3. The van der Waals surface area contributed by atoms with Crippen molar-refractivity contribution in [3.8, 4) is 0 Å². The van der Waals surface area contributed by atoms with Gasteiger partial charge in [0.15, 0.2) is 0 Å². The number of carbonyl (C=O) groups is 2. The summed E-state index contributed by atoms with van der Waals surface area (Å²) in [6, 6.07) is 4.15. The molecule has 2 rings (SSSR count). The smallest absolute Gasteiger partial charge is 0.260 e. The zero-order valence-corrected chi connectivity index (χ0v) is 13.3. The lowest BCUT2D eigenvalue weighted by molar-refractivity contribution is -0.125. The summed E-state index contributed by atoms with van der Waals surface area (Å²) in [4.78, 5) is 25.6. The van der Waals surface area contributed by atoms with Gasteiger partial charge in [-0.1, -0.05) is 20.8 Å². The third kappa shape index (κ3) is 2.92. The number of nitrogens with zero attached hydrogens (tertiary/aromatic N) is 1. The van der Waals surface area contributed by atoms with Gasteiger partial charge in [0.05, 0.1) is 4.47 Å². The number of benzene rings is 1. The summed E-state index contributed by atoms with van der Waals surface area (Å²) in [5, 5.41) is 0. The molecule has 1 aromatic carbocycles. The summed E-state index contributed by atoms with van der Waals surface area (Å²) in [6.45, 7) is 6.56. The fourth-order valence-electron chi connectivity index (χ4n) is 2.27. The summed E-state index contributed by atoms with van der Waals surface area (Å²) in [5.41, 5.74) is 0.170. The minimum atomic E-state index is -0.505. The molecule has 0 saturated carbocycles. The molecule has 1 unspecified atom stereocenters. The highest BCUT2D eigenvalue weighted by Crippen LogP contribution is 2.34. The van der Waals surface area contributed by atoms with E-state index in [0.717, 1.165) is 6.07 Å². The van der Waals surface area contributed by atoms with E-state index in [2.05, 4.69) is 36.7 Å². The zero-order valence-electron chi connectivity index (χ0n) is 11.7. The van der Waals surface area contributed by atoms with Crippen LogP contribution < -0.4 is 0 Å². The van der Waals surface area contributed by atoms with Gasteiger partial charge < -0.3 is 0 Å². The topological polar surface area (TPSA) is 37.4 Å². The summed E-state index contributed by atoms with van der Waals surface area (Å²) in [5.74, 6) is -0.972. The highest BCUT2D eigenvalue weighted by molar-refractivity contribution is 9.10. The third-order valence-corrected chi connectivity index (χ3v) is 4.40. The second-order valence-corrected chi connectivity index (χ2v) is 7.06. The van der Waals surface area contributed by atoms with Gasteiger partial charge in [-0.3, -0.25) is 14.5 Å². The fourth-order valence-corrected chi connectivity index (χ4v) is 2.52. The summed E-state index contributed by atoms with van der Waals surface area (Å²) in [6.07, 6.45) is 0.369. The normalized spacial score (nSPS) is 19.6. The summed E-state index contributed by atoms with van der Waals surface area (Å²) < 4.78 is 13.8. The summed E-state index contributed by atoms with van der Waals surface area (Å²) >= 11 is 3.04. The van der Waals surface area contributed by atoms with Crippen molar-refractivity contribution in [2.75, 3.05) is 6.54 Å². The van der Waals surface area contributed by atoms with Crippen LogP contribution in [0, 0.1) is 17.2 Å². The van der Waals surface area contributed by atoms with Gasteiger partial charge in [-0.15, -0.1) is 0 Å². The third-order valence-electron chi connectivity index (χ3n) is 3.76. The van der Waals surface area contributed by atoms with E-state index in [9.17, 15) is 14.0 Å². The number of halogens is 2. The van der Waals surface area contributed by atoms with Crippen LogP contribution in [0.15, 0.2) is 22.7 Å². The second kappa shape index (κ2) is 5.28. The Kier molecular flexibility index (Phi) is 4.00. The lowest BCUT2D eigenvalue weighted by Gasteiger charge is -2.26. The van der Waals surface area contributed by atoms with E-state index in [0.29, 0.717) is 17.4 Å². The van der Waals surface area contributed by atoms with Crippen molar-refractivity contribution in [2.45, 2.75) is 27.2 Å². The molecule has 108 valence electrons. The Bertz CT molecular complexity index is 565. The maximum atomic E-state index is 13.5. The first-order chi connectivity index (χ1) is 9.20. The van der Waals surface area contributed by atoms with Crippen molar-refractivity contribution in [1.29, 1.82) is 0 Å². The van der Waals surface area contributed by atoms with Crippen LogP contribution in [0.5, 0.6) is 0 Å². The van der Waals surface area contributed by atoms with Crippen LogP contribution in [-0.2, 0) is 4.79 Å². The predicted molar refractivity (Wildman–Crippen MR) is 77.7 cm³/mol. The molecule has 1 atom stereocenters. The van der Waals surface area contributed by atoms with Gasteiger partial charge in [0.25, 0.3) is 5.91 Å². The van der Waals surface area contributed by atoms with Crippen molar-refractivity contribution in [3.05, 3.63) is 34.1 Å². The Morgan fingerprint density at radius 1 is 1.40 bits per heavy atom. The predicted octanol–water partition coefficient (Wildman–Crippen LogP) is 3.62.